The summed E-state index contributed by atoms with van der Waals surface area (Å²) in [6.07, 6.45) is 2.88. The Morgan fingerprint density at radius 3 is 1.52 bits per heavy atom. The van der Waals surface area contributed by atoms with E-state index in [0.29, 0.717) is 19.8 Å². The molecule has 0 saturated heterocycles. The van der Waals surface area contributed by atoms with Gasteiger partial charge in [-0.05, 0) is 69.2 Å². The van der Waals surface area contributed by atoms with Crippen LogP contribution in [0.25, 0.3) is 0 Å². The van der Waals surface area contributed by atoms with Gasteiger partial charge >= 0.3 is 8.80 Å². The molecule has 0 aliphatic heterocycles. The number of aryl methyl sites for hydroxylation is 1. The molecule has 0 bridgehead atoms. The molecule has 1 aromatic carbocycles. The monoisotopic (exact) mass is 338 g/mol. The molecule has 3 nitrogen and oxygen atoms in total. The van der Waals surface area contributed by atoms with Crippen LogP contribution in [0.5, 0.6) is 0 Å². The molecule has 0 atom stereocenters. The van der Waals surface area contributed by atoms with Crippen molar-refractivity contribution in [3.63, 3.8) is 0 Å². The first kappa shape index (κ1) is 20.4. The van der Waals surface area contributed by atoms with Crippen molar-refractivity contribution >= 4 is 14.0 Å². The summed E-state index contributed by atoms with van der Waals surface area (Å²) in [5.74, 6) is 0. The molecule has 0 heterocycles. The van der Waals surface area contributed by atoms with Crippen molar-refractivity contribution in [2.24, 2.45) is 0 Å². The fraction of sp³-hybridized carbons (Fsp3) is 0.684. The van der Waals surface area contributed by atoms with E-state index in [0.717, 1.165) is 24.4 Å². The van der Waals surface area contributed by atoms with E-state index in [4.69, 9.17) is 13.3 Å². The van der Waals surface area contributed by atoms with Gasteiger partial charge in [0.25, 0.3) is 0 Å². The van der Waals surface area contributed by atoms with Gasteiger partial charge in [-0.15, -0.1) is 0 Å². The van der Waals surface area contributed by atoms with Crippen LogP contribution in [-0.2, 0) is 13.3 Å². The summed E-state index contributed by atoms with van der Waals surface area (Å²) in [5, 5.41) is 1.15. The van der Waals surface area contributed by atoms with Crippen LogP contribution in [0.4, 0.5) is 0 Å². The molecule has 0 spiro atoms. The molecule has 0 aliphatic rings. The van der Waals surface area contributed by atoms with Crippen LogP contribution in [-0.4, -0.2) is 28.6 Å². The van der Waals surface area contributed by atoms with Gasteiger partial charge in [0.05, 0.1) is 0 Å². The zero-order valence-electron chi connectivity index (χ0n) is 16.0. The zero-order valence-corrected chi connectivity index (χ0v) is 17.0. The molecule has 1 aromatic rings. The van der Waals surface area contributed by atoms with Crippen molar-refractivity contribution in [1.29, 1.82) is 0 Å². The van der Waals surface area contributed by atoms with E-state index in [9.17, 15) is 0 Å². The van der Waals surface area contributed by atoms with Gasteiger partial charge < -0.3 is 13.3 Å². The maximum atomic E-state index is 6.29. The Balaban J connectivity index is 3.40. The molecule has 0 aliphatic carbocycles. The summed E-state index contributed by atoms with van der Waals surface area (Å²) in [6.45, 7) is 17.1. The normalized spacial score (nSPS) is 12.0. The third-order valence-corrected chi connectivity index (χ3v) is 7.23. The molecule has 4 heteroatoms. The lowest BCUT2D eigenvalue weighted by Crippen LogP contribution is -2.58. The second kappa shape index (κ2) is 9.57. The van der Waals surface area contributed by atoms with E-state index in [1.165, 1.54) is 22.3 Å². The summed E-state index contributed by atoms with van der Waals surface area (Å²) < 4.78 is 18.9. The molecule has 0 unspecified atom stereocenters. The average Bonchev–Trinajstić information content (AvgIpc) is 2.56. The average molecular weight is 339 g/mol. The van der Waals surface area contributed by atoms with E-state index < -0.39 is 8.80 Å². The lowest BCUT2D eigenvalue weighted by Gasteiger charge is -2.32. The van der Waals surface area contributed by atoms with Crippen LogP contribution in [0, 0.1) is 27.7 Å². The molecule has 0 N–H and O–H groups in total. The number of rotatable bonds is 10. The zero-order chi connectivity index (χ0) is 17.5. The summed E-state index contributed by atoms with van der Waals surface area (Å²) in [7, 11) is -2.86. The van der Waals surface area contributed by atoms with Crippen LogP contribution in [0.1, 0.15) is 62.3 Å². The predicted molar refractivity (Wildman–Crippen MR) is 99.5 cm³/mol. The summed E-state index contributed by atoms with van der Waals surface area (Å²) in [4.78, 5) is 0. The lowest BCUT2D eigenvalue weighted by molar-refractivity contribution is 0.0730. The van der Waals surface area contributed by atoms with E-state index in [1.54, 1.807) is 0 Å². The quantitative estimate of drug-likeness (QED) is 0.594. The number of hydrogen-bond donors (Lipinski definition) is 0. The Hall–Kier alpha value is -0.683. The largest absolute Gasteiger partial charge is 0.537 e. The first-order valence-corrected chi connectivity index (χ1v) is 10.7. The Labute approximate surface area is 143 Å². The highest BCUT2D eigenvalue weighted by molar-refractivity contribution is 6.75. The highest BCUT2D eigenvalue weighted by atomic mass is 28.4. The van der Waals surface area contributed by atoms with E-state index >= 15 is 0 Å². The maximum Gasteiger partial charge on any atom is 0.537 e. The molecule has 0 fully saturated rings. The molecule has 0 aromatic heterocycles. The Bertz CT molecular complexity index is 478. The van der Waals surface area contributed by atoms with Crippen LogP contribution in [0.2, 0.25) is 0 Å². The van der Waals surface area contributed by atoms with E-state index in [-0.39, 0.29) is 0 Å². The Morgan fingerprint density at radius 1 is 0.696 bits per heavy atom. The molecule has 1 rings (SSSR count). The first-order valence-electron chi connectivity index (χ1n) is 8.93. The van der Waals surface area contributed by atoms with Gasteiger partial charge in [-0.1, -0.05) is 26.8 Å². The minimum atomic E-state index is -2.86. The highest BCUT2D eigenvalue weighted by Gasteiger charge is 2.45. The first-order chi connectivity index (χ1) is 10.9. The third-order valence-electron chi connectivity index (χ3n) is 4.30. The van der Waals surface area contributed by atoms with Gasteiger partial charge in [-0.25, -0.2) is 0 Å². The van der Waals surface area contributed by atoms with Gasteiger partial charge in [0.2, 0.25) is 0 Å². The van der Waals surface area contributed by atoms with Gasteiger partial charge in [0.15, 0.2) is 0 Å². The van der Waals surface area contributed by atoms with Crippen molar-refractivity contribution in [3.05, 3.63) is 28.3 Å². The lowest BCUT2D eigenvalue weighted by atomic mass is 10.00. The van der Waals surface area contributed by atoms with E-state index in [2.05, 4.69) is 54.5 Å². The standard InChI is InChI=1S/C19H34O3Si/c1-8-11-20-23(21-12-9-2,22-13-10-3)19-14-15(4)16(5)17(6)18(19)7/h14H,8-13H2,1-7H3. The van der Waals surface area contributed by atoms with Gasteiger partial charge in [-0.3, -0.25) is 0 Å². The van der Waals surface area contributed by atoms with Crippen molar-refractivity contribution in [1.82, 2.24) is 0 Å². The fourth-order valence-electron chi connectivity index (χ4n) is 2.60. The second-order valence-corrected chi connectivity index (χ2v) is 8.73. The van der Waals surface area contributed by atoms with Crippen molar-refractivity contribution in [3.8, 4) is 0 Å². The molecular weight excluding hydrogens is 304 g/mol. The van der Waals surface area contributed by atoms with Crippen molar-refractivity contribution < 1.29 is 13.3 Å². The minimum Gasteiger partial charge on any atom is -0.370 e. The van der Waals surface area contributed by atoms with Crippen LogP contribution < -0.4 is 5.19 Å². The second-order valence-electron chi connectivity index (χ2n) is 6.22. The van der Waals surface area contributed by atoms with Gasteiger partial charge in [0.1, 0.15) is 0 Å². The van der Waals surface area contributed by atoms with E-state index in [1.807, 2.05) is 0 Å². The van der Waals surface area contributed by atoms with Crippen molar-refractivity contribution in [2.75, 3.05) is 19.8 Å². The number of benzene rings is 1. The molecule has 0 radical (unpaired) electrons. The van der Waals surface area contributed by atoms with Gasteiger partial charge in [0, 0.05) is 25.0 Å². The topological polar surface area (TPSA) is 27.7 Å². The minimum absolute atomic E-state index is 0.672. The smallest absolute Gasteiger partial charge is 0.370 e. The highest BCUT2D eigenvalue weighted by Crippen LogP contribution is 2.21. The Kier molecular flexibility index (Phi) is 8.48. The SMILES string of the molecule is CCCO[Si](OCCC)(OCCC)c1cc(C)c(C)c(C)c1C. The molecule has 0 saturated carbocycles. The van der Waals surface area contributed by atoms with Crippen LogP contribution in [0.3, 0.4) is 0 Å². The molecule has 132 valence electrons. The predicted octanol–water partition coefficient (Wildman–Crippen LogP) is 4.35. The van der Waals surface area contributed by atoms with Gasteiger partial charge in [-0.2, -0.15) is 0 Å². The van der Waals surface area contributed by atoms with Crippen molar-refractivity contribution in [2.45, 2.75) is 67.7 Å². The summed E-state index contributed by atoms with van der Waals surface area (Å²) in [6, 6.07) is 2.23. The molecule has 0 amide bonds. The maximum absolute atomic E-state index is 6.29. The van der Waals surface area contributed by atoms with Crippen LogP contribution >= 0.6 is 0 Å². The number of hydrogen-bond acceptors (Lipinski definition) is 3. The molecule has 23 heavy (non-hydrogen) atoms. The Morgan fingerprint density at radius 2 is 1.13 bits per heavy atom. The van der Waals surface area contributed by atoms with Crippen LogP contribution in [0.15, 0.2) is 6.07 Å². The summed E-state index contributed by atoms with van der Waals surface area (Å²) in [5.41, 5.74) is 5.19. The fourth-order valence-corrected chi connectivity index (χ4v) is 5.77. The summed E-state index contributed by atoms with van der Waals surface area (Å²) >= 11 is 0. The third kappa shape index (κ3) is 4.89. The molecular formula is C19H34O3Si.